The van der Waals surface area contributed by atoms with Gasteiger partial charge in [0, 0.05) is 0 Å². The molecule has 0 spiro atoms. The number of unbranched alkanes of at least 4 members (excludes halogenated alkanes) is 1. The van der Waals surface area contributed by atoms with Gasteiger partial charge in [0.15, 0.2) is 0 Å². The van der Waals surface area contributed by atoms with Gasteiger partial charge in [0.1, 0.15) is 0 Å². The Balaban J connectivity index is 2.15. The van der Waals surface area contributed by atoms with Crippen LogP contribution in [0.5, 0.6) is 0 Å². The molecule has 1 heterocycles. The number of hydrogen-bond donors (Lipinski definition) is 1. The smallest absolute Gasteiger partial charge is 0.0761 e. The van der Waals surface area contributed by atoms with Crippen molar-refractivity contribution in [3.8, 4) is 0 Å². The first-order valence-electron chi connectivity index (χ1n) is 4.76. The largest absolute Gasteiger partial charge is 0.391 e. The minimum atomic E-state index is -0.0692. The molecule has 1 aliphatic rings. The van der Waals surface area contributed by atoms with E-state index >= 15 is 0 Å². The van der Waals surface area contributed by atoms with Crippen molar-refractivity contribution in [1.82, 2.24) is 0 Å². The van der Waals surface area contributed by atoms with Gasteiger partial charge >= 0.3 is 0 Å². The zero-order valence-electron chi connectivity index (χ0n) is 7.66. The Morgan fingerprint density at radius 1 is 1.42 bits per heavy atom. The third-order valence-corrected chi connectivity index (χ3v) is 5.17. The second-order valence-corrected chi connectivity index (χ2v) is 5.97. The molecule has 0 saturated carbocycles. The van der Waals surface area contributed by atoms with Gasteiger partial charge in [0.05, 0.1) is 10.7 Å². The van der Waals surface area contributed by atoms with Crippen LogP contribution in [-0.2, 0) is 0 Å². The van der Waals surface area contributed by atoms with Gasteiger partial charge in [-0.1, -0.05) is 19.8 Å². The standard InChI is InChI=1S/C9H18OS2/c1-2-3-5-8(10)9-11-6-4-7-12-9/h8-10H,2-7H2,1H3. The van der Waals surface area contributed by atoms with Gasteiger partial charge in [0.25, 0.3) is 0 Å². The van der Waals surface area contributed by atoms with Crippen LogP contribution in [0.1, 0.15) is 32.6 Å². The maximum Gasteiger partial charge on any atom is 0.0761 e. The van der Waals surface area contributed by atoms with E-state index in [1.54, 1.807) is 0 Å². The van der Waals surface area contributed by atoms with Crippen molar-refractivity contribution in [2.75, 3.05) is 11.5 Å². The van der Waals surface area contributed by atoms with Gasteiger partial charge in [-0.15, -0.1) is 23.5 Å². The first-order valence-corrected chi connectivity index (χ1v) is 6.85. The quantitative estimate of drug-likeness (QED) is 0.764. The molecule has 0 amide bonds. The highest BCUT2D eigenvalue weighted by atomic mass is 32.2. The predicted molar refractivity (Wildman–Crippen MR) is 58.9 cm³/mol. The second kappa shape index (κ2) is 6.17. The van der Waals surface area contributed by atoms with Gasteiger partial charge in [0.2, 0.25) is 0 Å². The average Bonchev–Trinajstić information content (AvgIpc) is 2.15. The Morgan fingerprint density at radius 2 is 2.08 bits per heavy atom. The van der Waals surface area contributed by atoms with Crippen molar-refractivity contribution < 1.29 is 5.11 Å². The van der Waals surface area contributed by atoms with Gasteiger partial charge < -0.3 is 5.11 Å². The molecule has 0 radical (unpaired) electrons. The van der Waals surface area contributed by atoms with E-state index in [9.17, 15) is 5.11 Å². The molecule has 1 saturated heterocycles. The molecule has 72 valence electrons. The van der Waals surface area contributed by atoms with E-state index in [0.29, 0.717) is 4.58 Å². The van der Waals surface area contributed by atoms with E-state index in [2.05, 4.69) is 6.92 Å². The first kappa shape index (κ1) is 10.7. The number of aliphatic hydroxyl groups excluding tert-OH is 1. The molecule has 0 bridgehead atoms. The Kier molecular flexibility index (Phi) is 5.52. The minimum absolute atomic E-state index is 0.0692. The molecule has 0 aromatic carbocycles. The van der Waals surface area contributed by atoms with E-state index in [1.165, 1.54) is 30.8 Å². The van der Waals surface area contributed by atoms with Crippen LogP contribution in [0.15, 0.2) is 0 Å². The topological polar surface area (TPSA) is 20.2 Å². The van der Waals surface area contributed by atoms with Crippen molar-refractivity contribution >= 4 is 23.5 Å². The minimum Gasteiger partial charge on any atom is -0.391 e. The second-order valence-electron chi connectivity index (χ2n) is 3.17. The molecular weight excluding hydrogens is 188 g/mol. The van der Waals surface area contributed by atoms with Gasteiger partial charge in [-0.25, -0.2) is 0 Å². The summed E-state index contributed by atoms with van der Waals surface area (Å²) in [4.78, 5) is 0. The van der Waals surface area contributed by atoms with Crippen molar-refractivity contribution in [2.45, 2.75) is 43.3 Å². The lowest BCUT2D eigenvalue weighted by Gasteiger charge is -2.25. The zero-order valence-corrected chi connectivity index (χ0v) is 9.29. The summed E-state index contributed by atoms with van der Waals surface area (Å²) < 4.78 is 0.463. The Morgan fingerprint density at radius 3 is 2.67 bits per heavy atom. The molecule has 1 nitrogen and oxygen atoms in total. The zero-order chi connectivity index (χ0) is 8.81. The predicted octanol–water partition coefficient (Wildman–Crippen LogP) is 2.73. The fourth-order valence-corrected chi connectivity index (χ4v) is 4.23. The Bertz CT molecular complexity index is 113. The summed E-state index contributed by atoms with van der Waals surface area (Å²) >= 11 is 3.87. The first-order chi connectivity index (χ1) is 5.84. The van der Waals surface area contributed by atoms with Crippen molar-refractivity contribution in [1.29, 1.82) is 0 Å². The SMILES string of the molecule is CCCCC(O)C1SCCCS1. The summed E-state index contributed by atoms with van der Waals surface area (Å²) in [5.41, 5.74) is 0. The number of rotatable bonds is 4. The highest BCUT2D eigenvalue weighted by molar-refractivity contribution is 8.17. The summed E-state index contributed by atoms with van der Waals surface area (Å²) in [6, 6.07) is 0. The van der Waals surface area contributed by atoms with E-state index in [0.717, 1.165) is 6.42 Å². The van der Waals surface area contributed by atoms with Crippen LogP contribution in [0, 0.1) is 0 Å². The van der Waals surface area contributed by atoms with Crippen LogP contribution in [0.25, 0.3) is 0 Å². The molecule has 0 aliphatic carbocycles. The fraction of sp³-hybridized carbons (Fsp3) is 1.00. The summed E-state index contributed by atoms with van der Waals surface area (Å²) in [5.74, 6) is 2.47. The molecule has 1 unspecified atom stereocenters. The van der Waals surface area contributed by atoms with Crippen LogP contribution < -0.4 is 0 Å². The summed E-state index contributed by atoms with van der Waals surface area (Å²) in [6.45, 7) is 2.17. The maximum absolute atomic E-state index is 9.76. The normalized spacial score (nSPS) is 22.5. The molecule has 12 heavy (non-hydrogen) atoms. The summed E-state index contributed by atoms with van der Waals surface area (Å²) in [7, 11) is 0. The third-order valence-electron chi connectivity index (χ3n) is 2.02. The van der Waals surface area contributed by atoms with Gasteiger partial charge in [-0.05, 0) is 24.3 Å². The molecule has 1 N–H and O–H groups in total. The summed E-state index contributed by atoms with van der Waals surface area (Å²) in [6.07, 6.45) is 4.59. The van der Waals surface area contributed by atoms with Crippen molar-refractivity contribution in [3.05, 3.63) is 0 Å². The highest BCUT2D eigenvalue weighted by Crippen LogP contribution is 2.34. The number of thioether (sulfide) groups is 2. The number of hydrogen-bond acceptors (Lipinski definition) is 3. The lowest BCUT2D eigenvalue weighted by Crippen LogP contribution is -2.23. The van der Waals surface area contributed by atoms with Gasteiger partial charge in [-0.2, -0.15) is 0 Å². The van der Waals surface area contributed by atoms with E-state index in [4.69, 9.17) is 0 Å². The molecule has 0 aromatic rings. The number of aliphatic hydroxyl groups is 1. The lowest BCUT2D eigenvalue weighted by molar-refractivity contribution is 0.178. The highest BCUT2D eigenvalue weighted by Gasteiger charge is 2.21. The fourth-order valence-electron chi connectivity index (χ4n) is 1.28. The molecular formula is C9H18OS2. The molecule has 1 rings (SSSR count). The van der Waals surface area contributed by atoms with Crippen LogP contribution in [-0.4, -0.2) is 27.3 Å². The van der Waals surface area contributed by atoms with Crippen LogP contribution >= 0.6 is 23.5 Å². The van der Waals surface area contributed by atoms with Crippen molar-refractivity contribution in [2.24, 2.45) is 0 Å². The van der Waals surface area contributed by atoms with Crippen LogP contribution in [0.4, 0.5) is 0 Å². The molecule has 0 aromatic heterocycles. The average molecular weight is 206 g/mol. The molecule has 1 atom stereocenters. The molecule has 3 heteroatoms. The van der Waals surface area contributed by atoms with E-state index in [-0.39, 0.29) is 6.10 Å². The molecule has 1 aliphatic heterocycles. The molecule has 1 fully saturated rings. The maximum atomic E-state index is 9.76. The van der Waals surface area contributed by atoms with Crippen LogP contribution in [0.3, 0.4) is 0 Å². The Hall–Kier alpha value is 0.660. The van der Waals surface area contributed by atoms with Crippen molar-refractivity contribution in [3.63, 3.8) is 0 Å². The van der Waals surface area contributed by atoms with Crippen LogP contribution in [0.2, 0.25) is 0 Å². The Labute approximate surface area is 83.7 Å². The monoisotopic (exact) mass is 206 g/mol. The van der Waals surface area contributed by atoms with E-state index in [1.807, 2.05) is 23.5 Å². The third kappa shape index (κ3) is 3.58. The summed E-state index contributed by atoms with van der Waals surface area (Å²) in [5, 5.41) is 9.76. The van der Waals surface area contributed by atoms with E-state index < -0.39 is 0 Å². The lowest BCUT2D eigenvalue weighted by atomic mass is 10.2. The van der Waals surface area contributed by atoms with Gasteiger partial charge in [-0.3, -0.25) is 0 Å².